The minimum absolute atomic E-state index is 0.0505. The predicted octanol–water partition coefficient (Wildman–Crippen LogP) is 4.20. The molecule has 180 valence electrons. The van der Waals surface area contributed by atoms with Crippen LogP contribution in [-0.4, -0.2) is 45.0 Å². The van der Waals surface area contributed by atoms with E-state index in [0.29, 0.717) is 27.9 Å². The zero-order valence-electron chi connectivity index (χ0n) is 19.4. The summed E-state index contributed by atoms with van der Waals surface area (Å²) in [4.78, 5) is 46.6. The van der Waals surface area contributed by atoms with E-state index in [1.807, 2.05) is 19.1 Å². The van der Waals surface area contributed by atoms with Gasteiger partial charge >= 0.3 is 11.9 Å². The number of anilines is 1. The van der Waals surface area contributed by atoms with Gasteiger partial charge in [-0.05, 0) is 55.0 Å². The van der Waals surface area contributed by atoms with E-state index in [0.717, 1.165) is 5.56 Å². The number of imidazole rings is 1. The van der Waals surface area contributed by atoms with E-state index < -0.39 is 23.7 Å². The van der Waals surface area contributed by atoms with Crippen LogP contribution in [-0.2, 0) is 9.59 Å². The number of rotatable bonds is 5. The number of H-pyrrole nitrogens is 1. The number of Topliss-reactive ketones (excluding diaryl/α,β-unsaturated/α-hetero) is 1. The number of benzene rings is 3. The molecule has 2 heterocycles. The summed E-state index contributed by atoms with van der Waals surface area (Å²) in [5.41, 5.74) is 2.65. The Bertz CT molecular complexity index is 1570. The molecule has 1 fully saturated rings. The quantitative estimate of drug-likeness (QED) is 0.220. The van der Waals surface area contributed by atoms with Crippen molar-refractivity contribution in [1.82, 2.24) is 9.97 Å². The smallest absolute Gasteiger partial charge is 0.335 e. The molecule has 0 saturated carbocycles. The maximum Gasteiger partial charge on any atom is 0.335 e. The molecule has 0 bridgehead atoms. The van der Waals surface area contributed by atoms with E-state index in [1.165, 1.54) is 30.2 Å². The van der Waals surface area contributed by atoms with Crippen LogP contribution in [0.5, 0.6) is 5.75 Å². The van der Waals surface area contributed by atoms with Gasteiger partial charge in [-0.3, -0.25) is 14.5 Å². The number of aromatic amines is 1. The molecule has 3 N–H and O–H groups in total. The highest BCUT2D eigenvalue weighted by molar-refractivity contribution is 6.51. The van der Waals surface area contributed by atoms with Crippen molar-refractivity contribution in [3.8, 4) is 5.75 Å². The van der Waals surface area contributed by atoms with Crippen molar-refractivity contribution in [1.29, 1.82) is 0 Å². The number of aromatic nitrogens is 2. The fraction of sp³-hybridized carbons (Fsp3) is 0.111. The van der Waals surface area contributed by atoms with Crippen molar-refractivity contribution in [2.45, 2.75) is 13.0 Å². The zero-order valence-corrected chi connectivity index (χ0v) is 19.4. The van der Waals surface area contributed by atoms with Crippen LogP contribution in [0, 0.1) is 6.92 Å². The molecule has 1 aromatic heterocycles. The molecule has 5 rings (SSSR count). The summed E-state index contributed by atoms with van der Waals surface area (Å²) in [5, 5.41) is 20.5. The Labute approximate surface area is 205 Å². The Hall–Kier alpha value is -4.92. The zero-order chi connectivity index (χ0) is 25.6. The Balaban J connectivity index is 1.70. The second-order valence-electron chi connectivity index (χ2n) is 8.41. The second-order valence-corrected chi connectivity index (χ2v) is 8.41. The highest BCUT2D eigenvalue weighted by Gasteiger charge is 2.48. The van der Waals surface area contributed by atoms with Crippen molar-refractivity contribution >= 4 is 40.4 Å². The lowest BCUT2D eigenvalue weighted by molar-refractivity contribution is -0.132. The number of fused-ring (bicyclic) bond motifs is 1. The normalized spacial score (nSPS) is 17.1. The van der Waals surface area contributed by atoms with Gasteiger partial charge < -0.3 is 19.9 Å². The molecular weight excluding hydrogens is 462 g/mol. The SMILES string of the molecule is COc1ccc(/C(O)=C2\C(=O)C(=O)N(c3nc4ccc(C(=O)O)cc4[nH]3)C2c2cccc(C)c2)cc1. The molecule has 0 radical (unpaired) electrons. The van der Waals surface area contributed by atoms with Gasteiger partial charge in [-0.1, -0.05) is 29.8 Å². The summed E-state index contributed by atoms with van der Waals surface area (Å²) in [7, 11) is 1.52. The van der Waals surface area contributed by atoms with Crippen LogP contribution in [0.3, 0.4) is 0 Å². The molecule has 1 unspecified atom stereocenters. The molecule has 0 aliphatic carbocycles. The standard InChI is InChI=1S/C27H21N3O6/c1-14-4-3-5-16(12-14)22-21(23(31)15-6-9-18(36-2)10-7-15)24(32)25(33)30(22)27-28-19-11-8-17(26(34)35)13-20(19)29-27/h3-13,22,31H,1-2H3,(H,28,29)(H,34,35)/b23-21+. The average Bonchev–Trinajstić information content (AvgIpc) is 3.41. The number of amides is 1. The van der Waals surface area contributed by atoms with E-state index in [9.17, 15) is 24.6 Å². The topological polar surface area (TPSA) is 133 Å². The number of aliphatic hydroxyl groups is 1. The largest absolute Gasteiger partial charge is 0.507 e. The molecular formula is C27H21N3O6. The predicted molar refractivity (Wildman–Crippen MR) is 132 cm³/mol. The van der Waals surface area contributed by atoms with Gasteiger partial charge in [0.15, 0.2) is 0 Å². The van der Waals surface area contributed by atoms with Crippen molar-refractivity contribution in [2.75, 3.05) is 12.0 Å². The van der Waals surface area contributed by atoms with Crippen LogP contribution in [0.15, 0.2) is 72.3 Å². The van der Waals surface area contributed by atoms with Gasteiger partial charge in [-0.15, -0.1) is 0 Å². The van der Waals surface area contributed by atoms with Crippen LogP contribution in [0.25, 0.3) is 16.8 Å². The number of carboxylic acid groups (broad SMARTS) is 1. The summed E-state index contributed by atoms with van der Waals surface area (Å²) in [6.07, 6.45) is 0. The van der Waals surface area contributed by atoms with E-state index >= 15 is 0 Å². The summed E-state index contributed by atoms with van der Waals surface area (Å²) >= 11 is 0. The first-order valence-corrected chi connectivity index (χ1v) is 11.0. The van der Waals surface area contributed by atoms with Gasteiger partial charge in [-0.25, -0.2) is 9.78 Å². The Morgan fingerprint density at radius 1 is 1.00 bits per heavy atom. The van der Waals surface area contributed by atoms with Crippen LogP contribution in [0.4, 0.5) is 5.95 Å². The lowest BCUT2D eigenvalue weighted by atomic mass is 9.94. The molecule has 36 heavy (non-hydrogen) atoms. The third kappa shape index (κ3) is 3.76. The summed E-state index contributed by atoms with van der Waals surface area (Å²) in [6, 6.07) is 17.1. The number of carbonyl (C=O) groups excluding carboxylic acids is 2. The number of carbonyl (C=O) groups is 3. The molecule has 1 amide bonds. The number of carboxylic acids is 1. The van der Waals surface area contributed by atoms with Gasteiger partial charge in [-0.2, -0.15) is 0 Å². The highest BCUT2D eigenvalue weighted by atomic mass is 16.5. The van der Waals surface area contributed by atoms with E-state index in [2.05, 4.69) is 9.97 Å². The van der Waals surface area contributed by atoms with Gasteiger partial charge in [0.25, 0.3) is 5.78 Å². The highest BCUT2D eigenvalue weighted by Crippen LogP contribution is 2.42. The van der Waals surface area contributed by atoms with Gasteiger partial charge in [0.05, 0.1) is 35.3 Å². The molecule has 3 aromatic carbocycles. The molecule has 0 spiro atoms. The van der Waals surface area contributed by atoms with Gasteiger partial charge in [0.1, 0.15) is 11.5 Å². The Kier molecular flexibility index (Phi) is 5.52. The Morgan fingerprint density at radius 3 is 2.39 bits per heavy atom. The first kappa shape index (κ1) is 22.9. The van der Waals surface area contributed by atoms with Crippen LogP contribution >= 0.6 is 0 Å². The van der Waals surface area contributed by atoms with Crippen LogP contribution in [0.1, 0.15) is 33.1 Å². The molecule has 9 nitrogen and oxygen atoms in total. The maximum absolute atomic E-state index is 13.3. The fourth-order valence-electron chi connectivity index (χ4n) is 4.35. The van der Waals surface area contributed by atoms with Crippen molar-refractivity contribution in [3.63, 3.8) is 0 Å². The van der Waals surface area contributed by atoms with E-state index in [1.54, 1.807) is 36.4 Å². The van der Waals surface area contributed by atoms with Crippen molar-refractivity contribution in [2.24, 2.45) is 0 Å². The molecule has 1 aliphatic rings. The molecule has 1 atom stereocenters. The number of nitrogens with zero attached hydrogens (tertiary/aromatic N) is 2. The van der Waals surface area contributed by atoms with Crippen molar-refractivity contribution < 1.29 is 29.3 Å². The van der Waals surface area contributed by atoms with E-state index in [4.69, 9.17) is 4.74 Å². The number of hydrogen-bond acceptors (Lipinski definition) is 6. The fourth-order valence-corrected chi connectivity index (χ4v) is 4.35. The summed E-state index contributed by atoms with van der Waals surface area (Å²) in [5.74, 6) is -2.52. The summed E-state index contributed by atoms with van der Waals surface area (Å²) < 4.78 is 5.17. The number of ketones is 1. The minimum Gasteiger partial charge on any atom is -0.507 e. The maximum atomic E-state index is 13.3. The van der Waals surface area contributed by atoms with Crippen LogP contribution in [0.2, 0.25) is 0 Å². The first-order valence-electron chi connectivity index (χ1n) is 11.0. The second kappa shape index (κ2) is 8.70. The third-order valence-corrected chi connectivity index (χ3v) is 6.11. The van der Waals surface area contributed by atoms with Gasteiger partial charge in [0.2, 0.25) is 5.95 Å². The third-order valence-electron chi connectivity index (χ3n) is 6.11. The number of hydrogen-bond donors (Lipinski definition) is 3. The number of methoxy groups -OCH3 is 1. The lowest BCUT2D eigenvalue weighted by Gasteiger charge is -2.23. The van der Waals surface area contributed by atoms with Gasteiger partial charge in [0, 0.05) is 5.56 Å². The number of aryl methyl sites for hydroxylation is 1. The summed E-state index contributed by atoms with van der Waals surface area (Å²) in [6.45, 7) is 1.88. The monoisotopic (exact) mass is 483 g/mol. The molecule has 1 aliphatic heterocycles. The lowest BCUT2D eigenvalue weighted by Crippen LogP contribution is -2.30. The number of ether oxygens (including phenoxy) is 1. The molecule has 1 saturated heterocycles. The Morgan fingerprint density at radius 2 is 1.72 bits per heavy atom. The first-order chi connectivity index (χ1) is 17.3. The van der Waals surface area contributed by atoms with Crippen LogP contribution < -0.4 is 9.64 Å². The molecule has 9 heteroatoms. The minimum atomic E-state index is -1.10. The van der Waals surface area contributed by atoms with E-state index in [-0.39, 0.29) is 22.8 Å². The molecule has 4 aromatic rings. The number of aliphatic hydroxyl groups excluding tert-OH is 1. The number of nitrogens with one attached hydrogen (secondary N) is 1. The van der Waals surface area contributed by atoms with Crippen molar-refractivity contribution in [3.05, 3.63) is 94.6 Å². The number of aromatic carboxylic acids is 1. The average molecular weight is 483 g/mol.